The van der Waals surface area contributed by atoms with Crippen LogP contribution >= 0.6 is 23.2 Å². The molecule has 6 nitrogen and oxygen atoms in total. The third kappa shape index (κ3) is 6.90. The zero-order chi connectivity index (χ0) is 28.8. The molecule has 204 valence electrons. The fraction of sp³-hybridized carbons (Fsp3) is 0.0312. The van der Waals surface area contributed by atoms with Gasteiger partial charge < -0.3 is 10.6 Å². The standard InChI is InChI=1S/C32H23Cl2FN4O2/c33-24-13-16-27(28(34)18-24)31(40)37-29(32(41)36-19-21-7-3-1-4-8-21)17-23-20-39(26-9-5-2-6-10-26)38-30(23)22-11-14-25(35)15-12-22/h1-18,20H,19H2,(H,36,41)(H,37,40)/b29-17+. The van der Waals surface area contributed by atoms with E-state index in [-0.39, 0.29) is 28.6 Å². The van der Waals surface area contributed by atoms with Gasteiger partial charge in [0.15, 0.2) is 0 Å². The summed E-state index contributed by atoms with van der Waals surface area (Å²) in [6.07, 6.45) is 3.27. The van der Waals surface area contributed by atoms with Crippen molar-refractivity contribution in [3.8, 4) is 16.9 Å². The monoisotopic (exact) mass is 584 g/mol. The topological polar surface area (TPSA) is 76.0 Å². The van der Waals surface area contributed by atoms with Crippen molar-refractivity contribution in [3.63, 3.8) is 0 Å². The second-order valence-corrected chi connectivity index (χ2v) is 9.87. The number of halogens is 3. The molecule has 5 aromatic rings. The van der Waals surface area contributed by atoms with Gasteiger partial charge in [-0.2, -0.15) is 5.10 Å². The third-order valence-electron chi connectivity index (χ3n) is 6.15. The van der Waals surface area contributed by atoms with E-state index in [4.69, 9.17) is 28.3 Å². The van der Waals surface area contributed by atoms with Gasteiger partial charge in [-0.05, 0) is 66.2 Å². The molecule has 4 aromatic carbocycles. The molecule has 0 saturated carbocycles. The zero-order valence-electron chi connectivity index (χ0n) is 21.5. The fourth-order valence-corrected chi connectivity index (χ4v) is 4.58. The van der Waals surface area contributed by atoms with Crippen molar-refractivity contribution < 1.29 is 14.0 Å². The summed E-state index contributed by atoms with van der Waals surface area (Å²) in [4.78, 5) is 26.7. The van der Waals surface area contributed by atoms with E-state index in [0.717, 1.165) is 11.3 Å². The average Bonchev–Trinajstić information content (AvgIpc) is 3.40. The SMILES string of the molecule is O=C(NCc1ccccc1)/C(=C\c1cn(-c2ccccc2)nc1-c1ccc(F)cc1)NC(=O)c1ccc(Cl)cc1Cl. The number of nitrogens with zero attached hydrogens (tertiary/aromatic N) is 2. The van der Waals surface area contributed by atoms with Gasteiger partial charge in [0.1, 0.15) is 17.2 Å². The second kappa shape index (κ2) is 12.6. The number of benzene rings is 4. The van der Waals surface area contributed by atoms with Gasteiger partial charge in [0.2, 0.25) is 0 Å². The molecule has 1 heterocycles. The first-order valence-corrected chi connectivity index (χ1v) is 13.3. The lowest BCUT2D eigenvalue weighted by atomic mass is 10.1. The fourth-order valence-electron chi connectivity index (χ4n) is 4.09. The van der Waals surface area contributed by atoms with Crippen molar-refractivity contribution in [2.75, 3.05) is 0 Å². The molecule has 0 bridgehead atoms. The third-order valence-corrected chi connectivity index (χ3v) is 6.69. The molecule has 0 unspecified atom stereocenters. The summed E-state index contributed by atoms with van der Waals surface area (Å²) >= 11 is 12.3. The Morgan fingerprint density at radius 3 is 2.24 bits per heavy atom. The predicted octanol–water partition coefficient (Wildman–Crippen LogP) is 7.07. The first-order valence-electron chi connectivity index (χ1n) is 12.6. The van der Waals surface area contributed by atoms with E-state index in [0.29, 0.717) is 21.8 Å². The summed E-state index contributed by atoms with van der Waals surface area (Å²) in [6.45, 7) is 0.239. The Labute approximate surface area is 246 Å². The molecule has 2 N–H and O–H groups in total. The Bertz CT molecular complexity index is 1720. The molecule has 2 amide bonds. The Hall–Kier alpha value is -4.72. The van der Waals surface area contributed by atoms with E-state index in [1.807, 2.05) is 60.7 Å². The molecule has 0 radical (unpaired) electrons. The number of hydrogen-bond donors (Lipinski definition) is 2. The van der Waals surface area contributed by atoms with E-state index in [1.165, 1.54) is 36.4 Å². The Morgan fingerprint density at radius 1 is 0.878 bits per heavy atom. The minimum atomic E-state index is -0.591. The van der Waals surface area contributed by atoms with Crippen LogP contribution in [0.15, 0.2) is 115 Å². The Balaban J connectivity index is 1.56. The van der Waals surface area contributed by atoms with Crippen LogP contribution < -0.4 is 10.6 Å². The maximum Gasteiger partial charge on any atom is 0.268 e. The van der Waals surface area contributed by atoms with Crippen molar-refractivity contribution in [1.29, 1.82) is 0 Å². The first kappa shape index (κ1) is 27.8. The number of rotatable bonds is 8. The Kier molecular flexibility index (Phi) is 8.58. The van der Waals surface area contributed by atoms with Crippen LogP contribution in [0.1, 0.15) is 21.5 Å². The van der Waals surface area contributed by atoms with Gasteiger partial charge in [-0.1, -0.05) is 71.7 Å². The van der Waals surface area contributed by atoms with Crippen molar-refractivity contribution in [3.05, 3.63) is 148 Å². The van der Waals surface area contributed by atoms with Crippen LogP contribution in [-0.4, -0.2) is 21.6 Å². The molecule has 5 rings (SSSR count). The van der Waals surface area contributed by atoms with Crippen molar-refractivity contribution in [2.45, 2.75) is 6.54 Å². The number of nitrogens with one attached hydrogen (secondary N) is 2. The van der Waals surface area contributed by atoms with Crippen molar-refractivity contribution in [1.82, 2.24) is 20.4 Å². The highest BCUT2D eigenvalue weighted by Gasteiger charge is 2.19. The molecular weight excluding hydrogens is 562 g/mol. The molecule has 0 aliphatic carbocycles. The van der Waals surface area contributed by atoms with Gasteiger partial charge >= 0.3 is 0 Å². The van der Waals surface area contributed by atoms with E-state index in [1.54, 1.807) is 23.0 Å². The summed E-state index contributed by atoms with van der Waals surface area (Å²) < 4.78 is 15.4. The highest BCUT2D eigenvalue weighted by atomic mass is 35.5. The van der Waals surface area contributed by atoms with Gasteiger partial charge in [0.25, 0.3) is 11.8 Å². The maximum absolute atomic E-state index is 13.7. The average molecular weight is 585 g/mol. The first-order chi connectivity index (χ1) is 19.9. The largest absolute Gasteiger partial charge is 0.347 e. The van der Waals surface area contributed by atoms with Crippen LogP contribution in [0.4, 0.5) is 4.39 Å². The summed E-state index contributed by atoms with van der Waals surface area (Å²) in [6, 6.07) is 29.1. The summed E-state index contributed by atoms with van der Waals surface area (Å²) in [5.41, 5.74) is 3.42. The lowest BCUT2D eigenvalue weighted by Crippen LogP contribution is -2.34. The lowest BCUT2D eigenvalue weighted by molar-refractivity contribution is -0.117. The van der Waals surface area contributed by atoms with Crippen molar-refractivity contribution in [2.24, 2.45) is 0 Å². The molecule has 0 aliphatic rings. The number of carbonyl (C=O) groups excluding carboxylic acids is 2. The molecule has 0 aliphatic heterocycles. The molecular formula is C32H23Cl2FN4O2. The van der Waals surface area contributed by atoms with Gasteiger partial charge in [-0.3, -0.25) is 9.59 Å². The molecule has 1 aromatic heterocycles. The smallest absolute Gasteiger partial charge is 0.268 e. The van der Waals surface area contributed by atoms with Crippen LogP contribution in [-0.2, 0) is 11.3 Å². The normalized spacial score (nSPS) is 11.2. The summed E-state index contributed by atoms with van der Waals surface area (Å²) in [5.74, 6) is -1.50. The number of hydrogen-bond acceptors (Lipinski definition) is 3. The zero-order valence-corrected chi connectivity index (χ0v) is 23.0. The number of aromatic nitrogens is 2. The highest BCUT2D eigenvalue weighted by molar-refractivity contribution is 6.36. The predicted molar refractivity (Wildman–Crippen MR) is 159 cm³/mol. The molecule has 0 saturated heterocycles. The molecule has 0 fully saturated rings. The molecule has 9 heteroatoms. The second-order valence-electron chi connectivity index (χ2n) is 9.02. The highest BCUT2D eigenvalue weighted by Crippen LogP contribution is 2.27. The number of amides is 2. The number of carbonyl (C=O) groups is 2. The number of para-hydroxylation sites is 1. The van der Waals surface area contributed by atoms with E-state index in [2.05, 4.69) is 10.6 Å². The van der Waals surface area contributed by atoms with E-state index < -0.39 is 11.8 Å². The molecule has 0 spiro atoms. The van der Waals surface area contributed by atoms with Gasteiger partial charge in [-0.15, -0.1) is 0 Å². The Morgan fingerprint density at radius 2 is 1.56 bits per heavy atom. The maximum atomic E-state index is 13.7. The van der Waals surface area contributed by atoms with Crippen molar-refractivity contribution >= 4 is 41.1 Å². The van der Waals surface area contributed by atoms with Gasteiger partial charge in [0, 0.05) is 28.9 Å². The molecule has 0 atom stereocenters. The minimum absolute atomic E-state index is 0.0343. The van der Waals surface area contributed by atoms with Crippen LogP contribution in [0.3, 0.4) is 0 Å². The van der Waals surface area contributed by atoms with E-state index in [9.17, 15) is 14.0 Å². The van der Waals surface area contributed by atoms with E-state index >= 15 is 0 Å². The van der Waals surface area contributed by atoms with Crippen LogP contribution in [0, 0.1) is 5.82 Å². The van der Waals surface area contributed by atoms with Crippen LogP contribution in [0.2, 0.25) is 10.0 Å². The van der Waals surface area contributed by atoms with Crippen LogP contribution in [0.25, 0.3) is 23.0 Å². The van der Waals surface area contributed by atoms with Gasteiger partial charge in [0.05, 0.1) is 16.3 Å². The van der Waals surface area contributed by atoms with Crippen LogP contribution in [0.5, 0.6) is 0 Å². The minimum Gasteiger partial charge on any atom is -0.347 e. The summed E-state index contributed by atoms with van der Waals surface area (Å²) in [5, 5.41) is 10.8. The molecule has 41 heavy (non-hydrogen) atoms. The summed E-state index contributed by atoms with van der Waals surface area (Å²) in [7, 11) is 0. The lowest BCUT2D eigenvalue weighted by Gasteiger charge is -2.12. The van der Waals surface area contributed by atoms with Gasteiger partial charge in [-0.25, -0.2) is 9.07 Å². The quantitative estimate of drug-likeness (QED) is 0.191.